The van der Waals surface area contributed by atoms with E-state index in [4.69, 9.17) is 0 Å². The molecule has 0 radical (unpaired) electrons. The number of ketones is 1. The van der Waals surface area contributed by atoms with Gasteiger partial charge in [-0.1, -0.05) is 19.2 Å². The molecule has 1 aliphatic heterocycles. The molecule has 3 heteroatoms. The fraction of sp³-hybridized carbons (Fsp3) is 0.750. The average molecular weight is 229 g/mol. The smallest absolute Gasteiger partial charge is 0.165 e. The Morgan fingerprint density at radius 3 is 2.60 bits per heavy atom. The van der Waals surface area contributed by atoms with Crippen molar-refractivity contribution in [3.05, 3.63) is 0 Å². The molecule has 2 atom stereocenters. The summed E-state index contributed by atoms with van der Waals surface area (Å²) in [6, 6.07) is 0. The van der Waals surface area contributed by atoms with E-state index in [9.17, 15) is 4.79 Å². The minimum absolute atomic E-state index is 0.216. The molecule has 0 aliphatic carbocycles. The first kappa shape index (κ1) is 12.8. The first-order valence-corrected chi connectivity index (χ1v) is 8.15. The summed E-state index contributed by atoms with van der Waals surface area (Å²) in [6.45, 7) is 4.16. The van der Waals surface area contributed by atoms with E-state index >= 15 is 0 Å². The maximum Gasteiger partial charge on any atom is 0.165 e. The molecule has 15 heavy (non-hydrogen) atoms. The van der Waals surface area contributed by atoms with Crippen LogP contribution in [0.15, 0.2) is 0 Å². The van der Waals surface area contributed by atoms with Gasteiger partial charge in [-0.15, -0.1) is 0 Å². The first-order chi connectivity index (χ1) is 6.83. The Morgan fingerprint density at radius 2 is 2.13 bits per heavy atom. The van der Waals surface area contributed by atoms with E-state index in [0.717, 1.165) is 19.5 Å². The summed E-state index contributed by atoms with van der Waals surface area (Å²) in [5, 5.41) is 1.87. The Morgan fingerprint density at radius 1 is 1.53 bits per heavy atom. The highest BCUT2D eigenvalue weighted by Crippen LogP contribution is 2.26. The van der Waals surface area contributed by atoms with E-state index in [0.29, 0.717) is 11.7 Å². The highest BCUT2D eigenvalue weighted by Gasteiger charge is 2.33. The number of Topliss-reactive ketones (excluding diaryl/α,β-unsaturated/α-hetero) is 1. The summed E-state index contributed by atoms with van der Waals surface area (Å²) < 4.78 is 0. The van der Waals surface area contributed by atoms with Gasteiger partial charge in [0.05, 0.1) is 0 Å². The predicted octanol–water partition coefficient (Wildman–Crippen LogP) is 1.44. The number of likely N-dealkylation sites (tertiary alicyclic amines) is 1. The van der Waals surface area contributed by atoms with Gasteiger partial charge in [0, 0.05) is 19.0 Å². The summed E-state index contributed by atoms with van der Waals surface area (Å²) in [7, 11) is 1.04. The summed E-state index contributed by atoms with van der Waals surface area (Å²) in [6.07, 6.45) is 5.22. The Balaban J connectivity index is 2.80. The number of carbonyl (C=O) groups excluding carboxylic acids is 1. The maximum absolute atomic E-state index is 12.1. The molecule has 0 N–H and O–H groups in total. The molecule has 2 nitrogen and oxygen atoms in total. The molecule has 1 rings (SSSR count). The number of carbonyl (C=O) groups is 1. The molecule has 1 saturated heterocycles. The zero-order valence-corrected chi connectivity index (χ0v) is 11.1. The van der Waals surface area contributed by atoms with Gasteiger partial charge in [-0.2, -0.15) is 0 Å². The van der Waals surface area contributed by atoms with E-state index in [2.05, 4.69) is 37.3 Å². The zero-order chi connectivity index (χ0) is 11.6. The quantitative estimate of drug-likeness (QED) is 0.683. The molecule has 1 aliphatic rings. The second-order valence-corrected chi connectivity index (χ2v) is 8.62. The van der Waals surface area contributed by atoms with Crippen LogP contribution in [0, 0.1) is 11.8 Å². The number of nitrogens with zero attached hydrogens (tertiary/aromatic N) is 1. The van der Waals surface area contributed by atoms with E-state index in [1.807, 2.05) is 5.37 Å². The fourth-order valence-corrected chi connectivity index (χ4v) is 3.03. The number of hydrogen-bond acceptors (Lipinski definition) is 2. The molecule has 1 unspecified atom stereocenters. The summed E-state index contributed by atoms with van der Waals surface area (Å²) in [5.41, 5.74) is 0. The fourth-order valence-electron chi connectivity index (χ4n) is 2.22. The molecule has 1 fully saturated rings. The molecular formula is C12H23NOS. The average Bonchev–Trinajstić information content (AvgIpc) is 2.43. The van der Waals surface area contributed by atoms with Crippen LogP contribution >= 0.6 is 9.21 Å². The van der Waals surface area contributed by atoms with E-state index < -0.39 is 9.21 Å². The molecule has 88 valence electrons. The van der Waals surface area contributed by atoms with Gasteiger partial charge in [0.2, 0.25) is 0 Å². The monoisotopic (exact) mass is 229 g/mol. The van der Waals surface area contributed by atoms with Gasteiger partial charge < -0.3 is 4.90 Å². The van der Waals surface area contributed by atoms with Gasteiger partial charge in [-0.05, 0) is 30.8 Å². The number of hydrogen-bond donors (Lipinski definition) is 0. The third-order valence-corrected chi connectivity index (χ3v) is 3.82. The molecule has 0 saturated carbocycles. The lowest BCUT2D eigenvalue weighted by Gasteiger charge is -2.14. The largest absolute Gasteiger partial charge is 0.305 e. The molecule has 1 heterocycles. The van der Waals surface area contributed by atoms with Gasteiger partial charge in [0.25, 0.3) is 0 Å². The molecular weight excluding hydrogens is 206 g/mol. The van der Waals surface area contributed by atoms with Crippen molar-refractivity contribution >= 4 is 26.2 Å². The molecule has 0 aromatic rings. The Hall–Kier alpha value is -0.280. The third-order valence-electron chi connectivity index (χ3n) is 2.95. The highest BCUT2D eigenvalue weighted by atomic mass is 32.2. The van der Waals surface area contributed by atoms with Crippen molar-refractivity contribution in [1.82, 2.24) is 4.90 Å². The van der Waals surface area contributed by atoms with Crippen LogP contribution in [0.3, 0.4) is 0 Å². The molecule has 0 aromatic carbocycles. The lowest BCUT2D eigenvalue weighted by molar-refractivity contribution is -0.116. The predicted molar refractivity (Wildman–Crippen MR) is 72.4 cm³/mol. The van der Waals surface area contributed by atoms with Gasteiger partial charge in [-0.3, -0.25) is 4.79 Å². The third kappa shape index (κ3) is 3.65. The zero-order valence-electron chi connectivity index (χ0n) is 10.3. The maximum atomic E-state index is 12.1. The molecule has 0 amide bonds. The van der Waals surface area contributed by atoms with Gasteiger partial charge in [0.1, 0.15) is 0 Å². The van der Waals surface area contributed by atoms with Crippen LogP contribution < -0.4 is 0 Å². The van der Waals surface area contributed by atoms with Crippen molar-refractivity contribution in [2.45, 2.75) is 13.3 Å². The SMILES string of the molecule is C=S(C)(C)=CC(=O)C1CN(C)C[C@H]1CC. The summed E-state index contributed by atoms with van der Waals surface area (Å²) >= 11 is 0. The molecule has 0 bridgehead atoms. The standard InChI is InChI=1S/C12H23NOS/c1-6-10-7-13(2)8-11(10)12(14)9-15(3,4)5/h9-11H,3,6-8H2,1-2,4-5H3/t10-,11?/m1/s1. The minimum Gasteiger partial charge on any atom is -0.305 e. The van der Waals surface area contributed by atoms with Crippen LogP contribution in [0.4, 0.5) is 0 Å². The second kappa shape index (κ2) is 4.71. The Labute approximate surface area is 94.1 Å². The first-order valence-electron chi connectivity index (χ1n) is 5.47. The lowest BCUT2D eigenvalue weighted by atomic mass is 9.91. The van der Waals surface area contributed by atoms with E-state index in [-0.39, 0.29) is 5.92 Å². The lowest BCUT2D eigenvalue weighted by Crippen LogP contribution is -2.23. The second-order valence-electron chi connectivity index (χ2n) is 5.14. The van der Waals surface area contributed by atoms with Crippen LogP contribution in [0.25, 0.3) is 0 Å². The van der Waals surface area contributed by atoms with Crippen LogP contribution in [-0.4, -0.2) is 54.6 Å². The van der Waals surface area contributed by atoms with Crippen molar-refractivity contribution in [3.8, 4) is 0 Å². The van der Waals surface area contributed by atoms with Crippen LogP contribution in [0.5, 0.6) is 0 Å². The van der Waals surface area contributed by atoms with Crippen molar-refractivity contribution in [3.63, 3.8) is 0 Å². The topological polar surface area (TPSA) is 20.3 Å². The van der Waals surface area contributed by atoms with Gasteiger partial charge in [-0.25, -0.2) is 9.21 Å². The Kier molecular flexibility index (Phi) is 4.01. The van der Waals surface area contributed by atoms with Crippen LogP contribution in [0.2, 0.25) is 0 Å². The van der Waals surface area contributed by atoms with Crippen LogP contribution in [-0.2, 0) is 4.79 Å². The summed E-state index contributed by atoms with van der Waals surface area (Å²) in [5.74, 6) is 5.12. The van der Waals surface area contributed by atoms with Crippen LogP contribution in [0.1, 0.15) is 13.3 Å². The normalized spacial score (nSPS) is 28.0. The minimum atomic E-state index is -1.05. The summed E-state index contributed by atoms with van der Waals surface area (Å²) in [4.78, 5) is 14.3. The van der Waals surface area contributed by atoms with Crippen molar-refractivity contribution < 1.29 is 4.79 Å². The van der Waals surface area contributed by atoms with E-state index in [1.54, 1.807) is 0 Å². The van der Waals surface area contributed by atoms with Crippen molar-refractivity contribution in [1.29, 1.82) is 0 Å². The molecule has 0 aromatic heterocycles. The molecule has 0 spiro atoms. The van der Waals surface area contributed by atoms with Gasteiger partial charge >= 0.3 is 0 Å². The Bertz CT molecular complexity index is 345. The van der Waals surface area contributed by atoms with Crippen molar-refractivity contribution in [2.75, 3.05) is 32.6 Å². The van der Waals surface area contributed by atoms with E-state index in [1.165, 1.54) is 0 Å². The van der Waals surface area contributed by atoms with Crippen molar-refractivity contribution in [2.24, 2.45) is 11.8 Å². The highest BCUT2D eigenvalue weighted by molar-refractivity contribution is 8.28. The van der Waals surface area contributed by atoms with Gasteiger partial charge in [0.15, 0.2) is 5.78 Å². The number of rotatable bonds is 3.